The van der Waals surface area contributed by atoms with Crippen LogP contribution in [0.3, 0.4) is 0 Å². The number of ether oxygens (including phenoxy) is 4. The first-order valence-electron chi connectivity index (χ1n) is 10.2. The van der Waals surface area contributed by atoms with Gasteiger partial charge in [0.25, 0.3) is 0 Å². The highest BCUT2D eigenvalue weighted by Gasteiger charge is 2.38. The van der Waals surface area contributed by atoms with Gasteiger partial charge in [-0.3, -0.25) is 0 Å². The van der Waals surface area contributed by atoms with Crippen molar-refractivity contribution in [1.82, 2.24) is 0 Å². The molecule has 1 aliphatic carbocycles. The minimum absolute atomic E-state index is 0.0822. The summed E-state index contributed by atoms with van der Waals surface area (Å²) in [5.41, 5.74) is 1.54. The van der Waals surface area contributed by atoms with Crippen LogP contribution in [0.1, 0.15) is 31.2 Å². The molecule has 5 heteroatoms. The van der Waals surface area contributed by atoms with Crippen LogP contribution in [0.5, 0.6) is 23.0 Å². The van der Waals surface area contributed by atoms with E-state index in [1.54, 1.807) is 14.2 Å². The molecule has 0 bridgehead atoms. The number of benzene rings is 2. The monoisotopic (exact) mass is 384 g/mol. The maximum Gasteiger partial charge on any atom is 0.181 e. The molecule has 1 fully saturated rings. The van der Waals surface area contributed by atoms with Crippen LogP contribution in [0.15, 0.2) is 42.5 Å². The zero-order chi connectivity index (χ0) is 19.4. The average Bonchev–Trinajstić information content (AvgIpc) is 3.23. The van der Waals surface area contributed by atoms with E-state index in [0.717, 1.165) is 36.1 Å². The van der Waals surface area contributed by atoms with Gasteiger partial charge in [-0.2, -0.15) is 0 Å². The molecular formula is C23H30NO4+. The van der Waals surface area contributed by atoms with Crippen LogP contribution in [0.25, 0.3) is 0 Å². The first-order valence-corrected chi connectivity index (χ1v) is 10.2. The molecule has 150 valence electrons. The smallest absolute Gasteiger partial charge is 0.181 e. The van der Waals surface area contributed by atoms with E-state index in [0.29, 0.717) is 6.61 Å². The summed E-state index contributed by atoms with van der Waals surface area (Å²) in [5, 5.41) is 2.39. The second-order valence-electron chi connectivity index (χ2n) is 7.78. The van der Waals surface area contributed by atoms with E-state index in [-0.39, 0.29) is 11.5 Å². The standard InChI is InChI=1S/C23H29NO4/c1-25-19-10-9-17(13-22(19)26-2)23(11-5-6-12-23)16-24-14-18-15-27-20-7-3-4-8-21(20)28-18/h3-4,7-10,13,18,24H,5-6,11-12,14-16H2,1-2H3/p+1/t18-/m0/s1. The molecule has 2 aromatic carbocycles. The molecule has 0 unspecified atom stereocenters. The second kappa shape index (κ2) is 8.31. The zero-order valence-corrected chi connectivity index (χ0v) is 16.8. The van der Waals surface area contributed by atoms with Crippen molar-refractivity contribution in [2.75, 3.05) is 33.9 Å². The molecule has 1 aliphatic heterocycles. The summed E-state index contributed by atoms with van der Waals surface area (Å²) in [6.45, 7) is 2.55. The summed E-state index contributed by atoms with van der Waals surface area (Å²) < 4.78 is 22.9. The summed E-state index contributed by atoms with van der Waals surface area (Å²) >= 11 is 0. The van der Waals surface area contributed by atoms with Crippen molar-refractivity contribution in [1.29, 1.82) is 0 Å². The molecule has 0 saturated heterocycles. The van der Waals surface area contributed by atoms with Crippen LogP contribution in [0.2, 0.25) is 0 Å². The Bertz CT molecular complexity index is 801. The van der Waals surface area contributed by atoms with Crippen molar-refractivity contribution in [2.24, 2.45) is 0 Å². The SMILES string of the molecule is COc1ccc(C2(C[NH2+]C[C@H]3COc4ccccc4O3)CCCC2)cc1OC. The molecule has 0 aromatic heterocycles. The number of para-hydroxylation sites is 2. The van der Waals surface area contributed by atoms with E-state index in [4.69, 9.17) is 18.9 Å². The number of fused-ring (bicyclic) bond motifs is 1. The van der Waals surface area contributed by atoms with Gasteiger partial charge in [-0.25, -0.2) is 0 Å². The zero-order valence-electron chi connectivity index (χ0n) is 16.8. The molecular weight excluding hydrogens is 354 g/mol. The van der Waals surface area contributed by atoms with Crippen molar-refractivity contribution in [3.05, 3.63) is 48.0 Å². The fourth-order valence-corrected chi connectivity index (χ4v) is 4.55. The molecule has 2 aromatic rings. The highest BCUT2D eigenvalue weighted by atomic mass is 16.6. The Balaban J connectivity index is 1.42. The van der Waals surface area contributed by atoms with Gasteiger partial charge in [0.15, 0.2) is 29.1 Å². The van der Waals surface area contributed by atoms with Crippen molar-refractivity contribution in [2.45, 2.75) is 37.2 Å². The molecule has 2 aliphatic rings. The summed E-state index contributed by atoms with van der Waals surface area (Å²) in [7, 11) is 3.38. The molecule has 0 radical (unpaired) electrons. The Hall–Kier alpha value is -2.40. The third-order valence-electron chi connectivity index (χ3n) is 6.09. The largest absolute Gasteiger partial charge is 0.493 e. The lowest BCUT2D eigenvalue weighted by molar-refractivity contribution is -0.667. The van der Waals surface area contributed by atoms with E-state index >= 15 is 0 Å². The number of hydrogen-bond acceptors (Lipinski definition) is 4. The molecule has 1 atom stereocenters. The van der Waals surface area contributed by atoms with E-state index in [1.165, 1.54) is 31.2 Å². The van der Waals surface area contributed by atoms with Crippen LogP contribution in [-0.2, 0) is 5.41 Å². The fraction of sp³-hybridized carbons (Fsp3) is 0.478. The van der Waals surface area contributed by atoms with Crippen molar-refractivity contribution in [3.63, 3.8) is 0 Å². The minimum Gasteiger partial charge on any atom is -0.493 e. The van der Waals surface area contributed by atoms with Crippen molar-refractivity contribution < 1.29 is 24.3 Å². The molecule has 5 nitrogen and oxygen atoms in total. The van der Waals surface area contributed by atoms with Crippen LogP contribution in [0, 0.1) is 0 Å². The van der Waals surface area contributed by atoms with E-state index in [1.807, 2.05) is 30.3 Å². The third kappa shape index (κ3) is 3.76. The van der Waals surface area contributed by atoms with Crippen LogP contribution >= 0.6 is 0 Å². The number of hydrogen-bond donors (Lipinski definition) is 1. The average molecular weight is 384 g/mol. The summed E-state index contributed by atoms with van der Waals surface area (Å²) in [4.78, 5) is 0. The predicted octanol–water partition coefficient (Wildman–Crippen LogP) is 2.92. The van der Waals surface area contributed by atoms with Crippen LogP contribution in [-0.4, -0.2) is 40.0 Å². The highest BCUT2D eigenvalue weighted by Crippen LogP contribution is 2.42. The van der Waals surface area contributed by atoms with Crippen molar-refractivity contribution >= 4 is 0 Å². The lowest BCUT2D eigenvalue weighted by Crippen LogP contribution is -2.90. The molecule has 0 amide bonds. The van der Waals surface area contributed by atoms with Gasteiger partial charge < -0.3 is 24.3 Å². The maximum absolute atomic E-state index is 6.11. The Morgan fingerprint density at radius 1 is 1.00 bits per heavy atom. The number of quaternary nitrogens is 1. The van der Waals surface area contributed by atoms with Gasteiger partial charge in [-0.15, -0.1) is 0 Å². The van der Waals surface area contributed by atoms with Crippen LogP contribution < -0.4 is 24.3 Å². The predicted molar refractivity (Wildman–Crippen MR) is 108 cm³/mol. The number of rotatable bonds is 7. The Morgan fingerprint density at radius 3 is 2.50 bits per heavy atom. The van der Waals surface area contributed by atoms with Gasteiger partial charge >= 0.3 is 0 Å². The van der Waals surface area contributed by atoms with Gasteiger partial charge in [0.05, 0.1) is 20.8 Å². The van der Waals surface area contributed by atoms with E-state index < -0.39 is 0 Å². The molecule has 2 N–H and O–H groups in total. The molecule has 0 spiro atoms. The topological polar surface area (TPSA) is 53.5 Å². The van der Waals surface area contributed by atoms with Gasteiger partial charge in [0, 0.05) is 5.41 Å². The Kier molecular flexibility index (Phi) is 5.62. The summed E-state index contributed by atoms with van der Waals surface area (Å²) in [5.74, 6) is 3.29. The second-order valence-corrected chi connectivity index (χ2v) is 7.78. The Morgan fingerprint density at radius 2 is 1.75 bits per heavy atom. The summed E-state index contributed by atoms with van der Waals surface area (Å²) in [6.07, 6.45) is 5.06. The minimum atomic E-state index is 0.0822. The maximum atomic E-state index is 6.11. The first kappa shape index (κ1) is 18.9. The molecule has 4 rings (SSSR count). The number of nitrogens with two attached hydrogens (primary N) is 1. The molecule has 1 saturated carbocycles. The van der Waals surface area contributed by atoms with Gasteiger partial charge in [0.2, 0.25) is 0 Å². The van der Waals surface area contributed by atoms with Crippen LogP contribution in [0.4, 0.5) is 0 Å². The normalized spacial score (nSPS) is 20.0. The van der Waals surface area contributed by atoms with Gasteiger partial charge in [-0.1, -0.05) is 31.0 Å². The van der Waals surface area contributed by atoms with E-state index in [2.05, 4.69) is 17.4 Å². The molecule has 1 heterocycles. The van der Waals surface area contributed by atoms with Gasteiger partial charge in [0.1, 0.15) is 13.2 Å². The lowest BCUT2D eigenvalue weighted by Gasteiger charge is -2.30. The first-order chi connectivity index (χ1) is 13.7. The summed E-state index contributed by atoms with van der Waals surface area (Å²) in [6, 6.07) is 14.3. The molecule has 28 heavy (non-hydrogen) atoms. The highest BCUT2D eigenvalue weighted by molar-refractivity contribution is 5.45. The fourth-order valence-electron chi connectivity index (χ4n) is 4.55. The number of methoxy groups -OCH3 is 2. The third-order valence-corrected chi connectivity index (χ3v) is 6.09. The van der Waals surface area contributed by atoms with Crippen molar-refractivity contribution in [3.8, 4) is 23.0 Å². The van der Waals surface area contributed by atoms with Gasteiger partial charge in [-0.05, 0) is 42.7 Å². The quantitative estimate of drug-likeness (QED) is 0.798. The Labute approximate surface area is 166 Å². The van der Waals surface area contributed by atoms with E-state index in [9.17, 15) is 0 Å². The lowest BCUT2D eigenvalue weighted by atomic mass is 9.78.